The number of aromatic nitrogens is 1. The molecule has 1 aromatic heterocycles. The van der Waals surface area contributed by atoms with E-state index < -0.39 is 5.54 Å². The van der Waals surface area contributed by atoms with Gasteiger partial charge in [0.05, 0.1) is 17.8 Å². The fourth-order valence-corrected chi connectivity index (χ4v) is 5.63. The number of benzene rings is 1. The van der Waals surface area contributed by atoms with Gasteiger partial charge in [-0.25, -0.2) is 4.98 Å². The largest absolute Gasteiger partial charge is 0.346 e. The number of piperazine rings is 1. The summed E-state index contributed by atoms with van der Waals surface area (Å²) in [7, 11) is 2.17. The predicted octanol–water partition coefficient (Wildman–Crippen LogP) is 4.03. The van der Waals surface area contributed by atoms with Crippen LogP contribution < -0.4 is 4.90 Å². The van der Waals surface area contributed by atoms with Crippen LogP contribution in [0.3, 0.4) is 0 Å². The highest BCUT2D eigenvalue weighted by molar-refractivity contribution is 7.14. The van der Waals surface area contributed by atoms with Gasteiger partial charge in [0.2, 0.25) is 0 Å². The van der Waals surface area contributed by atoms with Gasteiger partial charge in [0.1, 0.15) is 5.54 Å². The van der Waals surface area contributed by atoms with Crippen LogP contribution >= 0.6 is 11.3 Å². The van der Waals surface area contributed by atoms with Crippen molar-refractivity contribution in [3.63, 3.8) is 0 Å². The summed E-state index contributed by atoms with van der Waals surface area (Å²) in [6.07, 6.45) is 5.84. The lowest BCUT2D eigenvalue weighted by Gasteiger charge is -2.32. The fourth-order valence-electron chi connectivity index (χ4n) is 4.74. The SMILES string of the molecule is CN1CCN(c2nc(-c3ccc(C4=NC5(CCCCC5)C(=O)C4)cc3)cs2)CC1. The summed E-state index contributed by atoms with van der Waals surface area (Å²) in [5.74, 6) is 0.326. The fraction of sp³-hybridized carbons (Fsp3) is 0.522. The van der Waals surface area contributed by atoms with Crippen LogP contribution in [-0.4, -0.2) is 60.1 Å². The minimum Gasteiger partial charge on any atom is -0.346 e. The second-order valence-corrected chi connectivity index (χ2v) is 9.47. The van der Waals surface area contributed by atoms with Crippen LogP contribution in [-0.2, 0) is 4.79 Å². The average molecular weight is 409 g/mol. The smallest absolute Gasteiger partial charge is 0.185 e. The molecule has 3 aliphatic rings. The standard InChI is InChI=1S/C23H28N4OS/c1-26-11-13-27(14-12-26)22-24-20(16-29-22)18-7-5-17(6-8-18)19-15-21(28)23(25-19)9-3-2-4-10-23/h5-8,16H,2-4,9-15H2,1H3. The highest BCUT2D eigenvalue weighted by atomic mass is 32.1. The molecule has 3 heterocycles. The molecule has 6 heteroatoms. The molecule has 2 fully saturated rings. The zero-order chi connectivity index (χ0) is 19.8. The van der Waals surface area contributed by atoms with Crippen LogP contribution in [0.4, 0.5) is 5.13 Å². The third-order valence-electron chi connectivity index (χ3n) is 6.66. The van der Waals surface area contributed by atoms with Gasteiger partial charge in [-0.3, -0.25) is 9.79 Å². The van der Waals surface area contributed by atoms with E-state index in [9.17, 15) is 4.79 Å². The number of carbonyl (C=O) groups excluding carboxylic acids is 1. The van der Waals surface area contributed by atoms with Crippen LogP contribution in [0.2, 0.25) is 0 Å². The van der Waals surface area contributed by atoms with E-state index >= 15 is 0 Å². The number of hydrogen-bond donors (Lipinski definition) is 0. The van der Waals surface area contributed by atoms with Gasteiger partial charge in [0.25, 0.3) is 0 Å². The molecular formula is C23H28N4OS. The molecular weight excluding hydrogens is 380 g/mol. The highest BCUT2D eigenvalue weighted by Gasteiger charge is 2.43. The van der Waals surface area contributed by atoms with Crippen molar-refractivity contribution in [2.75, 3.05) is 38.1 Å². The quantitative estimate of drug-likeness (QED) is 0.769. The molecule has 1 aliphatic carbocycles. The summed E-state index contributed by atoms with van der Waals surface area (Å²) >= 11 is 1.72. The first-order valence-electron chi connectivity index (χ1n) is 10.7. The maximum Gasteiger partial charge on any atom is 0.185 e. The Hall–Kier alpha value is -2.05. The Labute approximate surface area is 176 Å². The third-order valence-corrected chi connectivity index (χ3v) is 7.56. The van der Waals surface area contributed by atoms with Gasteiger partial charge < -0.3 is 9.80 Å². The van der Waals surface area contributed by atoms with Crippen molar-refractivity contribution in [3.8, 4) is 11.3 Å². The Balaban J connectivity index is 1.32. The number of anilines is 1. The summed E-state index contributed by atoms with van der Waals surface area (Å²) in [4.78, 5) is 27.2. The van der Waals surface area contributed by atoms with E-state index in [1.807, 2.05) is 0 Å². The first kappa shape index (κ1) is 18.9. The van der Waals surface area contributed by atoms with Crippen molar-refractivity contribution in [1.29, 1.82) is 0 Å². The van der Waals surface area contributed by atoms with Crippen molar-refractivity contribution in [2.45, 2.75) is 44.1 Å². The molecule has 2 aliphatic heterocycles. The van der Waals surface area contributed by atoms with E-state index in [1.165, 1.54) is 6.42 Å². The number of rotatable bonds is 3. The molecule has 1 spiro atoms. The first-order valence-corrected chi connectivity index (χ1v) is 11.6. The molecule has 29 heavy (non-hydrogen) atoms. The molecule has 5 rings (SSSR count). The van der Waals surface area contributed by atoms with E-state index in [0.717, 1.165) is 79.5 Å². The number of ketones is 1. The molecule has 1 saturated carbocycles. The lowest BCUT2D eigenvalue weighted by atomic mass is 9.80. The summed E-state index contributed by atoms with van der Waals surface area (Å²) < 4.78 is 0. The maximum absolute atomic E-state index is 12.7. The zero-order valence-electron chi connectivity index (χ0n) is 17.1. The van der Waals surface area contributed by atoms with Gasteiger partial charge in [-0.05, 0) is 25.5 Å². The second kappa shape index (κ2) is 7.65. The summed E-state index contributed by atoms with van der Waals surface area (Å²) in [6, 6.07) is 8.46. The molecule has 0 unspecified atom stereocenters. The molecule has 152 valence electrons. The van der Waals surface area contributed by atoms with Crippen LogP contribution in [0.15, 0.2) is 34.6 Å². The Bertz CT molecular complexity index is 919. The van der Waals surface area contributed by atoms with E-state index in [2.05, 4.69) is 46.5 Å². The van der Waals surface area contributed by atoms with Crippen molar-refractivity contribution >= 4 is 28.0 Å². The van der Waals surface area contributed by atoms with Gasteiger partial charge in [0.15, 0.2) is 10.9 Å². The Morgan fingerprint density at radius 2 is 1.66 bits per heavy atom. The number of carbonyl (C=O) groups is 1. The molecule has 0 amide bonds. The third kappa shape index (κ3) is 3.64. The van der Waals surface area contributed by atoms with Crippen LogP contribution in [0.25, 0.3) is 11.3 Å². The highest BCUT2D eigenvalue weighted by Crippen LogP contribution is 2.38. The molecule has 0 radical (unpaired) electrons. The average Bonchev–Trinajstić information content (AvgIpc) is 3.35. The number of likely N-dealkylation sites (N-methyl/N-ethyl adjacent to an activating group) is 1. The van der Waals surface area contributed by atoms with Crippen molar-refractivity contribution < 1.29 is 4.79 Å². The Morgan fingerprint density at radius 1 is 0.966 bits per heavy atom. The Morgan fingerprint density at radius 3 is 2.38 bits per heavy atom. The molecule has 0 atom stereocenters. The number of nitrogens with zero attached hydrogens (tertiary/aromatic N) is 4. The molecule has 1 aromatic carbocycles. The van der Waals surface area contributed by atoms with Gasteiger partial charge in [-0.1, -0.05) is 43.5 Å². The van der Waals surface area contributed by atoms with E-state index in [4.69, 9.17) is 9.98 Å². The Kier molecular flexibility index (Phi) is 5.00. The summed E-state index contributed by atoms with van der Waals surface area (Å²) in [6.45, 7) is 4.26. The second-order valence-electron chi connectivity index (χ2n) is 8.63. The molecule has 2 aromatic rings. The maximum atomic E-state index is 12.7. The normalized spacial score (nSPS) is 22.3. The lowest BCUT2D eigenvalue weighted by molar-refractivity contribution is -0.123. The summed E-state index contributed by atoms with van der Waals surface area (Å²) in [5.41, 5.74) is 3.81. The van der Waals surface area contributed by atoms with Crippen LogP contribution in [0.1, 0.15) is 44.1 Å². The van der Waals surface area contributed by atoms with Crippen molar-refractivity contribution in [1.82, 2.24) is 9.88 Å². The van der Waals surface area contributed by atoms with E-state index in [0.29, 0.717) is 12.2 Å². The number of hydrogen-bond acceptors (Lipinski definition) is 6. The summed E-state index contributed by atoms with van der Waals surface area (Å²) in [5, 5.41) is 3.26. The molecule has 0 N–H and O–H groups in total. The van der Waals surface area contributed by atoms with Gasteiger partial charge in [-0.15, -0.1) is 11.3 Å². The minimum absolute atomic E-state index is 0.326. The zero-order valence-corrected chi connectivity index (χ0v) is 17.9. The van der Waals surface area contributed by atoms with Gasteiger partial charge >= 0.3 is 0 Å². The van der Waals surface area contributed by atoms with E-state index in [1.54, 1.807) is 11.3 Å². The lowest BCUT2D eigenvalue weighted by Crippen LogP contribution is -2.44. The predicted molar refractivity (Wildman–Crippen MR) is 119 cm³/mol. The number of aliphatic imine (C=N–C) groups is 1. The van der Waals surface area contributed by atoms with Gasteiger partial charge in [0, 0.05) is 37.1 Å². The first-order chi connectivity index (χ1) is 14.1. The van der Waals surface area contributed by atoms with Gasteiger partial charge in [-0.2, -0.15) is 0 Å². The minimum atomic E-state index is -0.404. The molecule has 0 bridgehead atoms. The van der Waals surface area contributed by atoms with Crippen LogP contribution in [0.5, 0.6) is 0 Å². The number of thiazole rings is 1. The van der Waals surface area contributed by atoms with Crippen LogP contribution in [0, 0.1) is 0 Å². The molecule has 5 nitrogen and oxygen atoms in total. The number of Topliss-reactive ketones (excluding diaryl/α,β-unsaturated/α-hetero) is 1. The molecule has 1 saturated heterocycles. The topological polar surface area (TPSA) is 48.8 Å². The van der Waals surface area contributed by atoms with Crippen molar-refractivity contribution in [2.24, 2.45) is 4.99 Å². The monoisotopic (exact) mass is 408 g/mol. The van der Waals surface area contributed by atoms with Crippen molar-refractivity contribution in [3.05, 3.63) is 35.2 Å². The van der Waals surface area contributed by atoms with E-state index in [-0.39, 0.29) is 0 Å².